The molecule has 2 nitrogen and oxygen atoms in total. The van der Waals surface area contributed by atoms with E-state index in [1.54, 1.807) is 12.1 Å². The number of para-hydroxylation sites is 1. The van der Waals surface area contributed by atoms with Gasteiger partial charge in [-0.2, -0.15) is 0 Å². The van der Waals surface area contributed by atoms with Gasteiger partial charge in [-0.3, -0.25) is 4.79 Å². The second-order valence-corrected chi connectivity index (χ2v) is 6.57. The molecule has 1 aromatic heterocycles. The molecule has 0 saturated carbocycles. The second-order valence-electron chi connectivity index (χ2n) is 6.16. The van der Waals surface area contributed by atoms with E-state index < -0.39 is 0 Å². The van der Waals surface area contributed by atoms with Crippen molar-refractivity contribution in [2.75, 3.05) is 0 Å². The van der Waals surface area contributed by atoms with E-state index in [0.717, 1.165) is 28.7 Å². The summed E-state index contributed by atoms with van der Waals surface area (Å²) in [7, 11) is 0. The van der Waals surface area contributed by atoms with Gasteiger partial charge in [-0.15, -0.1) is 0 Å². The van der Waals surface area contributed by atoms with Crippen molar-refractivity contribution in [3.63, 3.8) is 0 Å². The molecule has 0 saturated heterocycles. The van der Waals surface area contributed by atoms with Crippen molar-refractivity contribution in [1.82, 2.24) is 4.57 Å². The first-order valence-corrected chi connectivity index (χ1v) is 9.06. The van der Waals surface area contributed by atoms with Gasteiger partial charge in [-0.05, 0) is 30.7 Å². The lowest BCUT2D eigenvalue weighted by atomic mass is 9.97. The Morgan fingerprint density at radius 2 is 1.54 bits per heavy atom. The lowest BCUT2D eigenvalue weighted by Gasteiger charge is -2.11. The SMILES string of the molecule is CCn1c(-c2ccccc2)c(C(=O)c2ccccc2Cl)c2ccccc21. The summed E-state index contributed by atoms with van der Waals surface area (Å²) in [6.45, 7) is 2.88. The van der Waals surface area contributed by atoms with Crippen molar-refractivity contribution in [1.29, 1.82) is 0 Å². The van der Waals surface area contributed by atoms with Crippen molar-refractivity contribution in [2.24, 2.45) is 0 Å². The van der Waals surface area contributed by atoms with Gasteiger partial charge in [-0.1, -0.05) is 72.3 Å². The molecular formula is C23H18ClNO. The average molecular weight is 360 g/mol. The largest absolute Gasteiger partial charge is 0.340 e. The maximum Gasteiger partial charge on any atom is 0.197 e. The van der Waals surface area contributed by atoms with E-state index in [4.69, 9.17) is 11.6 Å². The van der Waals surface area contributed by atoms with Crippen LogP contribution in [0.25, 0.3) is 22.2 Å². The molecule has 0 aliphatic rings. The zero-order chi connectivity index (χ0) is 18.1. The van der Waals surface area contributed by atoms with E-state index in [0.29, 0.717) is 16.1 Å². The molecule has 1 heterocycles. The molecule has 0 spiro atoms. The minimum Gasteiger partial charge on any atom is -0.340 e. The van der Waals surface area contributed by atoms with Crippen molar-refractivity contribution in [3.05, 3.63) is 95.0 Å². The number of hydrogen-bond donors (Lipinski definition) is 0. The minimum absolute atomic E-state index is 0.0437. The summed E-state index contributed by atoms with van der Waals surface area (Å²) >= 11 is 6.33. The second kappa shape index (κ2) is 6.81. The van der Waals surface area contributed by atoms with E-state index in [-0.39, 0.29) is 5.78 Å². The van der Waals surface area contributed by atoms with Crippen molar-refractivity contribution >= 4 is 28.3 Å². The summed E-state index contributed by atoms with van der Waals surface area (Å²) in [6.07, 6.45) is 0. The topological polar surface area (TPSA) is 22.0 Å². The van der Waals surface area contributed by atoms with Crippen LogP contribution in [0.3, 0.4) is 0 Å². The van der Waals surface area contributed by atoms with Gasteiger partial charge in [0.2, 0.25) is 0 Å². The Kier molecular flexibility index (Phi) is 4.36. The van der Waals surface area contributed by atoms with E-state index in [1.165, 1.54) is 0 Å². The van der Waals surface area contributed by atoms with Gasteiger partial charge in [0.15, 0.2) is 5.78 Å². The average Bonchev–Trinajstić information content (AvgIpc) is 3.03. The molecule has 0 aliphatic carbocycles. The maximum atomic E-state index is 13.5. The Morgan fingerprint density at radius 3 is 2.27 bits per heavy atom. The van der Waals surface area contributed by atoms with Crippen LogP contribution in [-0.2, 0) is 6.54 Å². The molecule has 4 rings (SSSR count). The lowest BCUT2D eigenvalue weighted by Crippen LogP contribution is -2.05. The number of hydrogen-bond acceptors (Lipinski definition) is 1. The fourth-order valence-electron chi connectivity index (χ4n) is 3.54. The number of carbonyl (C=O) groups is 1. The fraction of sp³-hybridized carbons (Fsp3) is 0.0870. The van der Waals surface area contributed by atoms with Crippen molar-refractivity contribution in [3.8, 4) is 11.3 Å². The molecule has 4 aromatic rings. The fourth-order valence-corrected chi connectivity index (χ4v) is 3.76. The third-order valence-corrected chi connectivity index (χ3v) is 5.01. The minimum atomic E-state index is -0.0437. The van der Waals surface area contributed by atoms with Gasteiger partial charge in [0.25, 0.3) is 0 Å². The van der Waals surface area contributed by atoms with Gasteiger partial charge in [-0.25, -0.2) is 0 Å². The normalized spacial score (nSPS) is 11.0. The number of aromatic nitrogens is 1. The van der Waals surface area contributed by atoms with Crippen LogP contribution in [0.2, 0.25) is 5.02 Å². The summed E-state index contributed by atoms with van der Waals surface area (Å²) in [5.74, 6) is -0.0437. The quantitative estimate of drug-likeness (QED) is 0.397. The zero-order valence-corrected chi connectivity index (χ0v) is 15.2. The molecule has 0 bridgehead atoms. The monoisotopic (exact) mass is 359 g/mol. The number of halogens is 1. The van der Waals surface area contributed by atoms with Crippen LogP contribution in [0, 0.1) is 0 Å². The summed E-state index contributed by atoms with van der Waals surface area (Å²) in [4.78, 5) is 13.5. The van der Waals surface area contributed by atoms with Crippen LogP contribution in [0.15, 0.2) is 78.9 Å². The van der Waals surface area contributed by atoms with Gasteiger partial charge >= 0.3 is 0 Å². The van der Waals surface area contributed by atoms with Gasteiger partial charge in [0, 0.05) is 23.0 Å². The number of rotatable bonds is 4. The molecule has 3 heteroatoms. The van der Waals surface area contributed by atoms with Gasteiger partial charge in [0.05, 0.1) is 16.3 Å². The zero-order valence-electron chi connectivity index (χ0n) is 14.4. The molecule has 0 radical (unpaired) electrons. The highest BCUT2D eigenvalue weighted by Crippen LogP contribution is 2.36. The number of carbonyl (C=O) groups excluding carboxylic acids is 1. The third-order valence-electron chi connectivity index (χ3n) is 4.68. The van der Waals surface area contributed by atoms with E-state index in [1.807, 2.05) is 60.7 Å². The lowest BCUT2D eigenvalue weighted by molar-refractivity contribution is 0.104. The summed E-state index contributed by atoms with van der Waals surface area (Å²) in [5.41, 5.74) is 4.27. The molecule has 0 atom stereocenters. The number of ketones is 1. The highest BCUT2D eigenvalue weighted by atomic mass is 35.5. The molecule has 26 heavy (non-hydrogen) atoms. The van der Waals surface area contributed by atoms with Crippen LogP contribution >= 0.6 is 11.6 Å². The highest BCUT2D eigenvalue weighted by molar-refractivity contribution is 6.36. The molecule has 0 N–H and O–H groups in total. The van der Waals surface area contributed by atoms with Crippen LogP contribution in [0.5, 0.6) is 0 Å². The summed E-state index contributed by atoms with van der Waals surface area (Å²) < 4.78 is 2.20. The Bertz CT molecular complexity index is 1100. The van der Waals surface area contributed by atoms with Gasteiger partial charge in [0.1, 0.15) is 0 Å². The molecular weight excluding hydrogens is 342 g/mol. The molecule has 0 unspecified atom stereocenters. The van der Waals surface area contributed by atoms with E-state index >= 15 is 0 Å². The van der Waals surface area contributed by atoms with Crippen molar-refractivity contribution in [2.45, 2.75) is 13.5 Å². The van der Waals surface area contributed by atoms with Crippen LogP contribution in [-0.4, -0.2) is 10.4 Å². The number of fused-ring (bicyclic) bond motifs is 1. The van der Waals surface area contributed by atoms with Gasteiger partial charge < -0.3 is 4.57 Å². The first-order chi connectivity index (χ1) is 12.7. The smallest absolute Gasteiger partial charge is 0.197 e. The molecule has 0 fully saturated rings. The summed E-state index contributed by atoms with van der Waals surface area (Å²) in [5, 5.41) is 1.43. The predicted octanol–water partition coefficient (Wildman–Crippen LogP) is 6.21. The first kappa shape index (κ1) is 16.6. The Labute approximate surface area is 157 Å². The highest BCUT2D eigenvalue weighted by Gasteiger charge is 2.24. The number of aryl methyl sites for hydroxylation is 1. The molecule has 0 amide bonds. The first-order valence-electron chi connectivity index (χ1n) is 8.68. The molecule has 128 valence electrons. The number of nitrogens with zero attached hydrogens (tertiary/aromatic N) is 1. The molecule has 0 aliphatic heterocycles. The Morgan fingerprint density at radius 1 is 0.885 bits per heavy atom. The van der Waals surface area contributed by atoms with E-state index in [9.17, 15) is 4.79 Å². The van der Waals surface area contributed by atoms with E-state index in [2.05, 4.69) is 17.6 Å². The summed E-state index contributed by atoms with van der Waals surface area (Å²) in [6, 6.07) is 25.4. The standard InChI is InChI=1S/C23H18ClNO/c1-2-25-20-15-9-7-13-18(20)21(22(25)16-10-4-3-5-11-16)23(26)17-12-6-8-14-19(17)24/h3-15H,2H2,1H3. The Balaban J connectivity index is 2.08. The van der Waals surface area contributed by atoms with Crippen molar-refractivity contribution < 1.29 is 4.79 Å². The van der Waals surface area contributed by atoms with Crippen LogP contribution in [0.4, 0.5) is 0 Å². The van der Waals surface area contributed by atoms with Crippen LogP contribution in [0.1, 0.15) is 22.8 Å². The maximum absolute atomic E-state index is 13.5. The number of benzene rings is 3. The predicted molar refractivity (Wildman–Crippen MR) is 108 cm³/mol. The molecule has 3 aromatic carbocycles. The van der Waals surface area contributed by atoms with Crippen LogP contribution < -0.4 is 0 Å². The Hall–Kier alpha value is -2.84. The third kappa shape index (κ3) is 2.63.